The van der Waals surface area contributed by atoms with Gasteiger partial charge >= 0.3 is 0 Å². The third kappa shape index (κ3) is 3.61. The van der Waals surface area contributed by atoms with Gasteiger partial charge in [0.05, 0.1) is 0 Å². The van der Waals surface area contributed by atoms with Gasteiger partial charge in [-0.1, -0.05) is 41.7 Å². The Morgan fingerprint density at radius 3 is 2.62 bits per heavy atom. The Balaban J connectivity index is 1.46. The predicted octanol–water partition coefficient (Wildman–Crippen LogP) is 3.23. The smallest absolute Gasteiger partial charge is 0.253 e. The third-order valence-corrected chi connectivity index (χ3v) is 9.39. The van der Waals surface area contributed by atoms with Crippen LogP contribution in [-0.4, -0.2) is 34.9 Å². The van der Waals surface area contributed by atoms with Gasteiger partial charge in [-0.05, 0) is 41.8 Å². The second kappa shape index (κ2) is 7.28. The molecule has 10 heteroatoms. The summed E-state index contributed by atoms with van der Waals surface area (Å²) in [4.78, 5) is 13.1. The highest BCUT2D eigenvalue weighted by molar-refractivity contribution is 7.91. The van der Waals surface area contributed by atoms with Crippen molar-refractivity contribution in [2.75, 3.05) is 5.32 Å². The molecule has 3 heterocycles. The van der Waals surface area contributed by atoms with E-state index in [9.17, 15) is 13.2 Å². The number of carbonyl (C=O) groups excluding carboxylic acids is 1. The second-order valence-electron chi connectivity index (χ2n) is 7.18. The highest BCUT2D eigenvalue weighted by atomic mass is 32.2. The fraction of sp³-hybridized carbons (Fsp3) is 0.316. The summed E-state index contributed by atoms with van der Waals surface area (Å²) in [6.07, 6.45) is 2.53. The summed E-state index contributed by atoms with van der Waals surface area (Å²) < 4.78 is 28.1. The van der Waals surface area contributed by atoms with Crippen molar-refractivity contribution in [3.63, 3.8) is 0 Å². The minimum absolute atomic E-state index is 0.165. The first kappa shape index (κ1) is 18.9. The lowest BCUT2D eigenvalue weighted by atomic mass is 9.95. The number of benzene rings is 1. The van der Waals surface area contributed by atoms with Crippen LogP contribution in [0.25, 0.3) is 0 Å². The lowest BCUT2D eigenvalue weighted by Gasteiger charge is -2.34. The molecule has 0 unspecified atom stereocenters. The predicted molar refractivity (Wildman–Crippen MR) is 111 cm³/mol. The zero-order chi connectivity index (χ0) is 20.0. The second-order valence-corrected chi connectivity index (χ2v) is 11.3. The van der Waals surface area contributed by atoms with Gasteiger partial charge in [-0.2, -0.15) is 4.31 Å². The molecule has 1 aliphatic carbocycles. The van der Waals surface area contributed by atoms with Crippen LogP contribution in [0, 0.1) is 0 Å². The maximum Gasteiger partial charge on any atom is 0.253 e. The summed E-state index contributed by atoms with van der Waals surface area (Å²) in [5, 5.41) is 14.1. The van der Waals surface area contributed by atoms with Crippen LogP contribution in [0.15, 0.2) is 46.0 Å². The number of thiophene rings is 1. The van der Waals surface area contributed by atoms with E-state index in [1.165, 1.54) is 15.6 Å². The number of anilines is 1. The molecule has 1 fully saturated rings. The van der Waals surface area contributed by atoms with Crippen LogP contribution in [0.1, 0.15) is 34.9 Å². The summed E-state index contributed by atoms with van der Waals surface area (Å²) >= 11 is 2.52. The van der Waals surface area contributed by atoms with Crippen molar-refractivity contribution >= 4 is 43.7 Å². The first-order chi connectivity index (χ1) is 14.0. The van der Waals surface area contributed by atoms with E-state index in [1.54, 1.807) is 17.5 Å². The Labute approximate surface area is 176 Å². The first-order valence-corrected chi connectivity index (χ1v) is 12.4. The molecule has 2 aromatic heterocycles. The summed E-state index contributed by atoms with van der Waals surface area (Å²) in [5.74, 6) is 0.0774. The monoisotopic (exact) mass is 446 g/mol. The first-order valence-electron chi connectivity index (χ1n) is 9.29. The van der Waals surface area contributed by atoms with E-state index >= 15 is 0 Å². The Hall–Kier alpha value is -2.14. The highest BCUT2D eigenvalue weighted by Crippen LogP contribution is 2.42. The van der Waals surface area contributed by atoms with E-state index in [1.807, 2.05) is 24.3 Å². The van der Waals surface area contributed by atoms with Crippen molar-refractivity contribution in [2.24, 2.45) is 0 Å². The number of carbonyl (C=O) groups is 1. The zero-order valence-corrected chi connectivity index (χ0v) is 17.8. The molecule has 2 aliphatic rings. The highest BCUT2D eigenvalue weighted by Gasteiger charge is 2.40. The topological polar surface area (TPSA) is 92.3 Å². The number of aromatic nitrogens is 2. The quantitative estimate of drug-likeness (QED) is 0.650. The van der Waals surface area contributed by atoms with Gasteiger partial charge in [0.1, 0.15) is 15.3 Å². The van der Waals surface area contributed by atoms with Gasteiger partial charge in [0.25, 0.3) is 10.0 Å². The molecule has 1 aromatic carbocycles. The molecule has 0 bridgehead atoms. The molecule has 5 rings (SSSR count). The molecule has 0 saturated heterocycles. The largest absolute Gasteiger partial charge is 0.299 e. The van der Waals surface area contributed by atoms with Crippen molar-refractivity contribution < 1.29 is 13.2 Å². The van der Waals surface area contributed by atoms with Crippen LogP contribution in [-0.2, 0) is 27.8 Å². The van der Waals surface area contributed by atoms with Crippen LogP contribution in [0.2, 0.25) is 0 Å². The molecule has 150 valence electrons. The molecule has 7 nitrogen and oxygen atoms in total. The molecule has 29 heavy (non-hydrogen) atoms. The normalized spacial score (nSPS) is 19.7. The van der Waals surface area contributed by atoms with Gasteiger partial charge in [0.15, 0.2) is 0 Å². The van der Waals surface area contributed by atoms with E-state index < -0.39 is 16.1 Å². The fourth-order valence-corrected chi connectivity index (χ4v) is 7.07. The molecular formula is C19H18N4O3S3. The molecule has 3 aromatic rings. The Morgan fingerprint density at radius 1 is 1.10 bits per heavy atom. The fourth-order valence-electron chi connectivity index (χ4n) is 3.47. The van der Waals surface area contributed by atoms with Crippen LogP contribution < -0.4 is 5.32 Å². The van der Waals surface area contributed by atoms with Crippen LogP contribution in [0.3, 0.4) is 0 Å². The number of rotatable bonds is 5. The number of fused-ring (bicyclic) bond motifs is 1. The van der Waals surface area contributed by atoms with Crippen molar-refractivity contribution in [2.45, 2.75) is 42.0 Å². The van der Waals surface area contributed by atoms with E-state index in [0.717, 1.165) is 40.3 Å². The third-order valence-electron chi connectivity index (χ3n) is 5.16. The van der Waals surface area contributed by atoms with E-state index in [2.05, 4.69) is 15.5 Å². The zero-order valence-electron chi connectivity index (χ0n) is 15.3. The van der Waals surface area contributed by atoms with Gasteiger partial charge < -0.3 is 0 Å². The van der Waals surface area contributed by atoms with Crippen LogP contribution >= 0.6 is 22.7 Å². The van der Waals surface area contributed by atoms with Gasteiger partial charge in [0, 0.05) is 12.5 Å². The summed E-state index contributed by atoms with van der Waals surface area (Å²) in [6.45, 7) is 0.165. The molecule has 1 saturated carbocycles. The summed E-state index contributed by atoms with van der Waals surface area (Å²) in [5.41, 5.74) is 1.91. The van der Waals surface area contributed by atoms with Gasteiger partial charge in [-0.15, -0.1) is 21.5 Å². The molecule has 0 radical (unpaired) electrons. The lowest BCUT2D eigenvalue weighted by Crippen LogP contribution is -2.50. The molecule has 1 atom stereocenters. The minimum Gasteiger partial charge on any atom is -0.299 e. The molecule has 1 amide bonds. The van der Waals surface area contributed by atoms with Gasteiger partial charge in [-0.3, -0.25) is 10.1 Å². The molecule has 1 N–H and O–H groups in total. The molecular weight excluding hydrogens is 428 g/mol. The molecule has 0 spiro atoms. The molecule has 1 aliphatic heterocycles. The Kier molecular flexibility index (Phi) is 4.73. The summed E-state index contributed by atoms with van der Waals surface area (Å²) in [6, 6.07) is 10.1. The number of hydrogen-bond donors (Lipinski definition) is 1. The van der Waals surface area contributed by atoms with Crippen LogP contribution in [0.4, 0.5) is 5.13 Å². The van der Waals surface area contributed by atoms with Crippen molar-refractivity contribution in [3.8, 4) is 0 Å². The maximum atomic E-state index is 13.3. The number of nitrogens with zero attached hydrogens (tertiary/aromatic N) is 3. The Morgan fingerprint density at radius 2 is 1.90 bits per heavy atom. The number of nitrogens with one attached hydrogen (secondary N) is 1. The average Bonchev–Trinajstić information content (AvgIpc) is 3.21. The van der Waals surface area contributed by atoms with Crippen molar-refractivity contribution in [1.82, 2.24) is 14.5 Å². The van der Waals surface area contributed by atoms with Crippen molar-refractivity contribution in [3.05, 3.63) is 57.9 Å². The van der Waals surface area contributed by atoms with Gasteiger partial charge in [0.2, 0.25) is 11.0 Å². The van der Waals surface area contributed by atoms with Crippen LogP contribution in [0.5, 0.6) is 0 Å². The Bertz CT molecular complexity index is 1150. The number of hydrogen-bond acceptors (Lipinski definition) is 7. The minimum atomic E-state index is -3.79. The lowest BCUT2D eigenvalue weighted by molar-refractivity contribution is -0.120. The van der Waals surface area contributed by atoms with Crippen molar-refractivity contribution in [1.29, 1.82) is 0 Å². The standard InChI is InChI=1S/C19H18N4O3S3/c24-17(20-19-22-21-18(28-19)12-7-8-12)15-10-13-4-1-2-5-14(13)11-23(15)29(25,26)16-6-3-9-27-16/h1-6,9,12,15H,7-8,10-11H2,(H,20,22,24)/t15-/m0/s1. The number of amides is 1. The maximum absolute atomic E-state index is 13.3. The average molecular weight is 447 g/mol. The SMILES string of the molecule is O=C(Nc1nnc(C2CC2)s1)[C@@H]1Cc2ccccc2CN1S(=O)(=O)c1cccs1. The number of sulfonamides is 1. The van der Waals surface area contributed by atoms with E-state index in [-0.39, 0.29) is 16.7 Å². The van der Waals surface area contributed by atoms with E-state index in [0.29, 0.717) is 17.5 Å². The summed E-state index contributed by atoms with van der Waals surface area (Å²) in [7, 11) is -3.79. The van der Waals surface area contributed by atoms with Gasteiger partial charge in [-0.25, -0.2) is 8.42 Å². The van der Waals surface area contributed by atoms with E-state index in [4.69, 9.17) is 0 Å².